The third-order valence-electron chi connectivity index (χ3n) is 3.67. The average molecular weight is 372 g/mol. The number of nitrogens with zero attached hydrogens (tertiary/aromatic N) is 2. The molecule has 0 aliphatic rings. The number of hydrogen-bond donors (Lipinski definition) is 1. The van der Waals surface area contributed by atoms with Crippen LogP contribution in [0.5, 0.6) is 5.75 Å². The van der Waals surface area contributed by atoms with Crippen molar-refractivity contribution in [1.29, 1.82) is 0 Å². The molecule has 0 bridgehead atoms. The molecule has 6 nitrogen and oxygen atoms in total. The molecule has 2 aromatic carbocycles. The fourth-order valence-electron chi connectivity index (χ4n) is 2.32. The number of aromatic nitrogens is 2. The van der Waals surface area contributed by atoms with E-state index in [-0.39, 0.29) is 12.5 Å². The number of carbonyl (C=O) groups is 1. The van der Waals surface area contributed by atoms with Gasteiger partial charge >= 0.3 is 0 Å². The van der Waals surface area contributed by atoms with E-state index in [9.17, 15) is 4.79 Å². The summed E-state index contributed by atoms with van der Waals surface area (Å²) in [6, 6.07) is 14.8. The molecule has 1 heterocycles. The first-order valence-corrected chi connectivity index (χ1v) is 8.49. The second kappa shape index (κ2) is 8.01. The summed E-state index contributed by atoms with van der Waals surface area (Å²) in [5, 5.41) is 7.11. The summed E-state index contributed by atoms with van der Waals surface area (Å²) in [6.07, 6.45) is -0.714. The Morgan fingerprint density at radius 2 is 2.08 bits per heavy atom. The van der Waals surface area contributed by atoms with E-state index in [1.54, 1.807) is 31.2 Å². The van der Waals surface area contributed by atoms with Gasteiger partial charge in [-0.15, -0.1) is 0 Å². The maximum atomic E-state index is 12.2. The minimum Gasteiger partial charge on any atom is -0.479 e. The van der Waals surface area contributed by atoms with Crippen LogP contribution in [0.3, 0.4) is 0 Å². The normalized spacial score (nSPS) is 11.8. The van der Waals surface area contributed by atoms with Crippen molar-refractivity contribution >= 4 is 17.5 Å². The van der Waals surface area contributed by atoms with Crippen LogP contribution in [0.4, 0.5) is 0 Å². The van der Waals surface area contributed by atoms with Gasteiger partial charge in [-0.05, 0) is 32.0 Å². The predicted molar refractivity (Wildman–Crippen MR) is 97.9 cm³/mol. The van der Waals surface area contributed by atoms with E-state index < -0.39 is 6.10 Å². The Morgan fingerprint density at radius 3 is 2.85 bits per heavy atom. The minimum atomic E-state index is -0.714. The van der Waals surface area contributed by atoms with Crippen LogP contribution >= 0.6 is 11.6 Å². The molecule has 0 fully saturated rings. The Morgan fingerprint density at radius 1 is 1.27 bits per heavy atom. The smallest absolute Gasteiger partial charge is 0.261 e. The molecule has 0 saturated heterocycles. The topological polar surface area (TPSA) is 77.2 Å². The second-order valence-corrected chi connectivity index (χ2v) is 6.20. The second-order valence-electron chi connectivity index (χ2n) is 5.79. The molecule has 0 aliphatic carbocycles. The number of hydrogen-bond acceptors (Lipinski definition) is 5. The van der Waals surface area contributed by atoms with Gasteiger partial charge in [0.1, 0.15) is 5.75 Å². The standard InChI is InChI=1S/C19H18ClN3O3/c1-12-6-5-7-14(10-12)18-22-17(26-23-18)11-21-19(24)13(2)25-16-9-4-3-8-15(16)20/h3-10,13H,11H2,1-2H3,(H,21,24)/t13-/m0/s1. The predicted octanol–water partition coefficient (Wildman–Crippen LogP) is 3.78. The number of amides is 1. The van der Waals surface area contributed by atoms with E-state index in [1.807, 2.05) is 31.2 Å². The lowest BCUT2D eigenvalue weighted by atomic mass is 10.1. The Labute approximate surface area is 156 Å². The maximum Gasteiger partial charge on any atom is 0.261 e. The first-order chi connectivity index (χ1) is 12.5. The third-order valence-corrected chi connectivity index (χ3v) is 3.98. The monoisotopic (exact) mass is 371 g/mol. The Bertz CT molecular complexity index is 910. The van der Waals surface area contributed by atoms with Gasteiger partial charge < -0.3 is 14.6 Å². The van der Waals surface area contributed by atoms with Crippen molar-refractivity contribution < 1.29 is 14.1 Å². The highest BCUT2D eigenvalue weighted by molar-refractivity contribution is 6.32. The van der Waals surface area contributed by atoms with Crippen LogP contribution in [0.1, 0.15) is 18.4 Å². The number of benzene rings is 2. The van der Waals surface area contributed by atoms with Crippen molar-refractivity contribution in [2.75, 3.05) is 0 Å². The number of para-hydroxylation sites is 1. The van der Waals surface area contributed by atoms with Crippen LogP contribution in [0, 0.1) is 6.92 Å². The Hall–Kier alpha value is -2.86. The molecular weight excluding hydrogens is 354 g/mol. The molecule has 1 aromatic heterocycles. The summed E-state index contributed by atoms with van der Waals surface area (Å²) in [7, 11) is 0. The molecular formula is C19H18ClN3O3. The quantitative estimate of drug-likeness (QED) is 0.713. The Balaban J connectivity index is 1.57. The molecule has 26 heavy (non-hydrogen) atoms. The lowest BCUT2D eigenvalue weighted by Gasteiger charge is -2.14. The molecule has 1 atom stereocenters. The van der Waals surface area contributed by atoms with E-state index in [0.29, 0.717) is 22.5 Å². The molecule has 0 spiro atoms. The lowest BCUT2D eigenvalue weighted by Crippen LogP contribution is -2.36. The van der Waals surface area contributed by atoms with Crippen LogP contribution in [-0.4, -0.2) is 22.2 Å². The number of carbonyl (C=O) groups excluding carboxylic acids is 1. The number of ether oxygens (including phenoxy) is 1. The van der Waals surface area contributed by atoms with E-state index >= 15 is 0 Å². The first-order valence-electron chi connectivity index (χ1n) is 8.11. The summed E-state index contributed by atoms with van der Waals surface area (Å²) < 4.78 is 10.8. The molecule has 1 N–H and O–H groups in total. The highest BCUT2D eigenvalue weighted by Crippen LogP contribution is 2.24. The fraction of sp³-hybridized carbons (Fsp3) is 0.211. The summed E-state index contributed by atoms with van der Waals surface area (Å²) in [4.78, 5) is 16.5. The average Bonchev–Trinajstić information content (AvgIpc) is 3.10. The van der Waals surface area contributed by atoms with E-state index in [2.05, 4.69) is 15.5 Å². The molecule has 7 heteroatoms. The largest absolute Gasteiger partial charge is 0.479 e. The van der Waals surface area contributed by atoms with Gasteiger partial charge in [0.2, 0.25) is 11.7 Å². The molecule has 0 saturated carbocycles. The minimum absolute atomic E-state index is 0.119. The zero-order valence-electron chi connectivity index (χ0n) is 14.4. The van der Waals surface area contributed by atoms with Crippen LogP contribution in [0.15, 0.2) is 53.1 Å². The summed E-state index contributed by atoms with van der Waals surface area (Å²) >= 11 is 6.03. The van der Waals surface area contributed by atoms with Crippen molar-refractivity contribution in [3.05, 3.63) is 65.0 Å². The molecule has 0 unspecified atom stereocenters. The van der Waals surface area contributed by atoms with Crippen LogP contribution in [0.2, 0.25) is 5.02 Å². The van der Waals surface area contributed by atoms with E-state index in [1.165, 1.54) is 0 Å². The summed E-state index contributed by atoms with van der Waals surface area (Å²) in [5.74, 6) is 0.953. The van der Waals surface area contributed by atoms with Crippen molar-refractivity contribution in [1.82, 2.24) is 15.5 Å². The van der Waals surface area contributed by atoms with Gasteiger partial charge in [-0.3, -0.25) is 4.79 Å². The van der Waals surface area contributed by atoms with Gasteiger partial charge in [-0.25, -0.2) is 0 Å². The number of rotatable bonds is 6. The van der Waals surface area contributed by atoms with Crippen LogP contribution in [-0.2, 0) is 11.3 Å². The summed E-state index contributed by atoms with van der Waals surface area (Å²) in [6.45, 7) is 3.75. The van der Waals surface area contributed by atoms with Gasteiger partial charge in [-0.1, -0.05) is 52.7 Å². The summed E-state index contributed by atoms with van der Waals surface area (Å²) in [5.41, 5.74) is 1.97. The fourth-order valence-corrected chi connectivity index (χ4v) is 2.50. The molecule has 1 amide bonds. The zero-order valence-corrected chi connectivity index (χ0v) is 15.2. The van der Waals surface area contributed by atoms with Crippen molar-refractivity contribution in [2.45, 2.75) is 26.5 Å². The third kappa shape index (κ3) is 4.40. The van der Waals surface area contributed by atoms with Crippen molar-refractivity contribution in [3.63, 3.8) is 0 Å². The molecule has 0 aliphatic heterocycles. The SMILES string of the molecule is Cc1cccc(-c2noc(CNC(=O)[C@H](C)Oc3ccccc3Cl)n2)c1. The molecule has 3 rings (SSSR count). The van der Waals surface area contributed by atoms with Gasteiger partial charge in [0.25, 0.3) is 5.91 Å². The molecule has 0 radical (unpaired) electrons. The number of halogens is 1. The van der Waals surface area contributed by atoms with E-state index in [4.69, 9.17) is 20.9 Å². The van der Waals surface area contributed by atoms with Gasteiger partial charge in [0, 0.05) is 5.56 Å². The molecule has 3 aromatic rings. The highest BCUT2D eigenvalue weighted by Gasteiger charge is 2.17. The van der Waals surface area contributed by atoms with Crippen molar-refractivity contribution in [2.24, 2.45) is 0 Å². The maximum absolute atomic E-state index is 12.2. The number of aryl methyl sites for hydroxylation is 1. The number of nitrogens with one attached hydrogen (secondary N) is 1. The van der Waals surface area contributed by atoms with Crippen LogP contribution in [0.25, 0.3) is 11.4 Å². The Kier molecular flexibility index (Phi) is 5.53. The van der Waals surface area contributed by atoms with Gasteiger partial charge in [0.15, 0.2) is 6.10 Å². The molecule has 134 valence electrons. The van der Waals surface area contributed by atoms with Crippen molar-refractivity contribution in [3.8, 4) is 17.1 Å². The first kappa shape index (κ1) is 17.9. The highest BCUT2D eigenvalue weighted by atomic mass is 35.5. The van der Waals surface area contributed by atoms with E-state index in [0.717, 1.165) is 11.1 Å². The van der Waals surface area contributed by atoms with Gasteiger partial charge in [-0.2, -0.15) is 4.98 Å². The zero-order chi connectivity index (χ0) is 18.5. The lowest BCUT2D eigenvalue weighted by molar-refractivity contribution is -0.127. The van der Waals surface area contributed by atoms with Gasteiger partial charge in [0.05, 0.1) is 11.6 Å². The van der Waals surface area contributed by atoms with Crippen LogP contribution < -0.4 is 10.1 Å².